The van der Waals surface area contributed by atoms with E-state index in [2.05, 4.69) is 15.3 Å². The topological polar surface area (TPSA) is 54.4 Å². The Kier molecular flexibility index (Phi) is 3.31. The number of nitrogens with zero attached hydrogens (tertiary/aromatic N) is 2. The molecule has 1 aromatic carbocycles. The molecule has 1 N–H and O–H groups in total. The smallest absolute Gasteiger partial charge is 0.275 e. The molecule has 0 spiro atoms. The molecule has 0 fully saturated rings. The molecule has 0 atom stereocenters. The maximum absolute atomic E-state index is 11.9. The van der Waals surface area contributed by atoms with Crippen LogP contribution in [0.5, 0.6) is 0 Å². The molecule has 4 nitrogen and oxygen atoms in total. The second kappa shape index (κ2) is 5.27. The Labute approximate surface area is 120 Å². The Morgan fingerprint density at radius 1 is 1.15 bits per heavy atom. The molecule has 2 heterocycles. The first kappa shape index (κ1) is 12.6. The molecule has 1 amide bonds. The summed E-state index contributed by atoms with van der Waals surface area (Å²) in [6.07, 6.45) is 3.35. The molecule has 0 bridgehead atoms. The normalized spacial score (nSPS) is 16.1. The van der Waals surface area contributed by atoms with E-state index < -0.39 is 0 Å². The molecule has 1 aromatic heterocycles. The van der Waals surface area contributed by atoms with Crippen LogP contribution in [0.3, 0.4) is 0 Å². The van der Waals surface area contributed by atoms with Crippen LogP contribution in [0.1, 0.15) is 11.3 Å². The number of aromatic nitrogens is 1. The number of halogens is 1. The highest BCUT2D eigenvalue weighted by Crippen LogP contribution is 2.17. The fourth-order valence-electron chi connectivity index (χ4n) is 1.85. The fourth-order valence-corrected chi connectivity index (χ4v) is 2.05. The molecule has 1 aliphatic rings. The van der Waals surface area contributed by atoms with E-state index in [0.29, 0.717) is 22.2 Å². The number of nitrogens with one attached hydrogen (secondary N) is 1. The van der Waals surface area contributed by atoms with Crippen molar-refractivity contribution in [3.8, 4) is 0 Å². The van der Waals surface area contributed by atoms with Crippen molar-refractivity contribution in [1.82, 2.24) is 10.3 Å². The lowest BCUT2D eigenvalue weighted by Gasteiger charge is -1.97. The van der Waals surface area contributed by atoms with Gasteiger partial charge in [-0.25, -0.2) is 4.99 Å². The third kappa shape index (κ3) is 2.60. The van der Waals surface area contributed by atoms with Crippen molar-refractivity contribution in [3.05, 3.63) is 70.6 Å². The summed E-state index contributed by atoms with van der Waals surface area (Å²) in [6, 6.07) is 12.7. The first-order valence-electron chi connectivity index (χ1n) is 6.01. The van der Waals surface area contributed by atoms with Crippen molar-refractivity contribution in [2.24, 2.45) is 4.99 Å². The van der Waals surface area contributed by atoms with Crippen molar-refractivity contribution < 1.29 is 4.79 Å². The highest BCUT2D eigenvalue weighted by Gasteiger charge is 2.21. The number of carbonyl (C=O) groups is 1. The SMILES string of the molecule is O=C1NC(c2ccccn2)=N/C1=C/c1cccc(Cl)c1. The molecule has 5 heteroatoms. The number of amides is 1. The second-order valence-corrected chi connectivity index (χ2v) is 4.65. The lowest BCUT2D eigenvalue weighted by atomic mass is 10.2. The van der Waals surface area contributed by atoms with E-state index in [1.54, 1.807) is 30.5 Å². The first-order valence-corrected chi connectivity index (χ1v) is 6.39. The van der Waals surface area contributed by atoms with E-state index in [0.717, 1.165) is 5.56 Å². The zero-order valence-corrected chi connectivity index (χ0v) is 11.1. The lowest BCUT2D eigenvalue weighted by Crippen LogP contribution is -2.25. The number of pyridine rings is 1. The van der Waals surface area contributed by atoms with Crippen molar-refractivity contribution in [2.75, 3.05) is 0 Å². The predicted octanol–water partition coefficient (Wildman–Crippen LogP) is 2.65. The average molecular weight is 284 g/mol. The summed E-state index contributed by atoms with van der Waals surface area (Å²) in [6.45, 7) is 0. The lowest BCUT2D eigenvalue weighted by molar-refractivity contribution is -0.115. The van der Waals surface area contributed by atoms with E-state index in [4.69, 9.17) is 11.6 Å². The van der Waals surface area contributed by atoms with Crippen LogP contribution in [0, 0.1) is 0 Å². The zero-order chi connectivity index (χ0) is 13.9. The molecule has 20 heavy (non-hydrogen) atoms. The van der Waals surface area contributed by atoms with Gasteiger partial charge in [-0.15, -0.1) is 0 Å². The number of benzene rings is 1. The Morgan fingerprint density at radius 3 is 2.80 bits per heavy atom. The largest absolute Gasteiger partial charge is 0.303 e. The number of carbonyl (C=O) groups excluding carboxylic acids is 1. The number of hydrogen-bond acceptors (Lipinski definition) is 3. The van der Waals surface area contributed by atoms with Crippen LogP contribution in [0.25, 0.3) is 6.08 Å². The molecule has 0 unspecified atom stereocenters. The minimum absolute atomic E-state index is 0.245. The zero-order valence-electron chi connectivity index (χ0n) is 10.4. The summed E-state index contributed by atoms with van der Waals surface area (Å²) in [5.41, 5.74) is 1.80. The molecule has 0 saturated carbocycles. The minimum Gasteiger partial charge on any atom is -0.303 e. The van der Waals surface area contributed by atoms with Crippen molar-refractivity contribution in [1.29, 1.82) is 0 Å². The first-order chi connectivity index (χ1) is 9.72. The van der Waals surface area contributed by atoms with Crippen LogP contribution in [0.15, 0.2) is 59.4 Å². The Balaban J connectivity index is 1.95. The van der Waals surface area contributed by atoms with E-state index in [1.165, 1.54) is 0 Å². The van der Waals surface area contributed by atoms with Gasteiger partial charge >= 0.3 is 0 Å². The van der Waals surface area contributed by atoms with Gasteiger partial charge in [0.25, 0.3) is 5.91 Å². The minimum atomic E-state index is -0.245. The van der Waals surface area contributed by atoms with Gasteiger partial charge in [0.2, 0.25) is 0 Å². The van der Waals surface area contributed by atoms with Crippen molar-refractivity contribution >= 4 is 29.4 Å². The number of amidine groups is 1. The Morgan fingerprint density at radius 2 is 2.05 bits per heavy atom. The predicted molar refractivity (Wildman–Crippen MR) is 78.3 cm³/mol. The molecular formula is C15H10ClN3O. The maximum Gasteiger partial charge on any atom is 0.275 e. The van der Waals surface area contributed by atoms with Crippen LogP contribution < -0.4 is 5.32 Å². The van der Waals surface area contributed by atoms with Gasteiger partial charge in [-0.2, -0.15) is 0 Å². The summed E-state index contributed by atoms with van der Waals surface area (Å²) in [7, 11) is 0. The van der Waals surface area contributed by atoms with Gasteiger partial charge in [-0.1, -0.05) is 29.8 Å². The van der Waals surface area contributed by atoms with Crippen molar-refractivity contribution in [2.45, 2.75) is 0 Å². The number of aliphatic imine (C=N–C) groups is 1. The summed E-state index contributed by atoms with van der Waals surface area (Å²) in [4.78, 5) is 20.3. The van der Waals surface area contributed by atoms with Gasteiger partial charge in [0.15, 0.2) is 5.84 Å². The standard InChI is InChI=1S/C15H10ClN3O/c16-11-5-3-4-10(8-11)9-13-15(20)19-14(18-13)12-6-1-2-7-17-12/h1-9H,(H,18,19,20)/b13-9+. The fraction of sp³-hybridized carbons (Fsp3) is 0. The number of rotatable bonds is 2. The highest BCUT2D eigenvalue weighted by molar-refractivity contribution is 6.30. The molecule has 0 saturated heterocycles. The second-order valence-electron chi connectivity index (χ2n) is 4.21. The molecule has 0 aliphatic carbocycles. The van der Waals surface area contributed by atoms with Crippen LogP contribution in [0.4, 0.5) is 0 Å². The van der Waals surface area contributed by atoms with E-state index in [1.807, 2.05) is 24.3 Å². The van der Waals surface area contributed by atoms with Crippen molar-refractivity contribution in [3.63, 3.8) is 0 Å². The van der Waals surface area contributed by atoms with Gasteiger partial charge in [0.05, 0.1) is 0 Å². The highest BCUT2D eigenvalue weighted by atomic mass is 35.5. The quantitative estimate of drug-likeness (QED) is 0.862. The third-order valence-electron chi connectivity index (χ3n) is 2.76. The Bertz CT molecular complexity index is 723. The third-order valence-corrected chi connectivity index (χ3v) is 2.99. The van der Waals surface area contributed by atoms with Crippen LogP contribution in [0.2, 0.25) is 5.02 Å². The van der Waals surface area contributed by atoms with Crippen LogP contribution in [-0.4, -0.2) is 16.7 Å². The van der Waals surface area contributed by atoms with Gasteiger partial charge in [0, 0.05) is 11.2 Å². The molecule has 2 aromatic rings. The summed E-state index contributed by atoms with van der Waals surface area (Å²) in [5.74, 6) is 0.217. The van der Waals surface area contributed by atoms with E-state index >= 15 is 0 Å². The monoisotopic (exact) mass is 283 g/mol. The van der Waals surface area contributed by atoms with E-state index in [-0.39, 0.29) is 5.91 Å². The average Bonchev–Trinajstić information content (AvgIpc) is 2.81. The summed E-state index contributed by atoms with van der Waals surface area (Å²) >= 11 is 5.92. The van der Waals surface area contributed by atoms with Gasteiger partial charge in [-0.3, -0.25) is 9.78 Å². The van der Waals surface area contributed by atoms with Crippen LogP contribution >= 0.6 is 11.6 Å². The van der Waals surface area contributed by atoms with Gasteiger partial charge < -0.3 is 5.32 Å². The maximum atomic E-state index is 11.9. The molecular weight excluding hydrogens is 274 g/mol. The molecule has 3 rings (SSSR count). The molecule has 0 radical (unpaired) electrons. The Hall–Kier alpha value is -2.46. The molecule has 1 aliphatic heterocycles. The number of hydrogen-bond donors (Lipinski definition) is 1. The summed E-state index contributed by atoms with van der Waals surface area (Å²) < 4.78 is 0. The summed E-state index contributed by atoms with van der Waals surface area (Å²) in [5, 5.41) is 3.32. The van der Waals surface area contributed by atoms with Gasteiger partial charge in [-0.05, 0) is 35.9 Å². The van der Waals surface area contributed by atoms with E-state index in [9.17, 15) is 4.79 Å². The van der Waals surface area contributed by atoms with Crippen LogP contribution in [-0.2, 0) is 4.79 Å². The molecule has 98 valence electrons. The van der Waals surface area contributed by atoms with Gasteiger partial charge in [0.1, 0.15) is 11.4 Å².